The Balaban J connectivity index is 1.91. The van der Waals surface area contributed by atoms with E-state index in [4.69, 9.17) is 4.74 Å². The molecule has 0 aromatic heterocycles. The van der Waals surface area contributed by atoms with E-state index < -0.39 is 0 Å². The van der Waals surface area contributed by atoms with Crippen LogP contribution < -0.4 is 5.32 Å². The maximum atomic E-state index is 12.0. The number of carbonyl (C=O) groups excluding carboxylic acids is 1. The maximum absolute atomic E-state index is 12.0. The molecule has 1 heterocycles. The van der Waals surface area contributed by atoms with Gasteiger partial charge in [0.05, 0.1) is 5.54 Å². The zero-order valence-electron chi connectivity index (χ0n) is 12.2. The molecular weight excluding hydrogens is 240 g/mol. The van der Waals surface area contributed by atoms with Crippen molar-refractivity contribution in [2.75, 3.05) is 32.8 Å². The third kappa shape index (κ3) is 4.46. The van der Waals surface area contributed by atoms with Crippen molar-refractivity contribution in [3.63, 3.8) is 0 Å². The molecule has 1 aliphatic heterocycles. The predicted molar refractivity (Wildman–Crippen MR) is 76.1 cm³/mol. The largest absolute Gasteiger partial charge is 0.372 e. The minimum atomic E-state index is 0.0107. The van der Waals surface area contributed by atoms with Gasteiger partial charge in [0.1, 0.15) is 6.61 Å². The minimum Gasteiger partial charge on any atom is -0.372 e. The van der Waals surface area contributed by atoms with Gasteiger partial charge in [-0.3, -0.25) is 4.79 Å². The summed E-state index contributed by atoms with van der Waals surface area (Å²) in [5, 5.41) is 3.29. The highest BCUT2D eigenvalue weighted by Crippen LogP contribution is 2.30. The van der Waals surface area contributed by atoms with Crippen molar-refractivity contribution in [3.05, 3.63) is 0 Å². The molecular formula is C15H28N2O2. The highest BCUT2D eigenvalue weighted by Gasteiger charge is 2.35. The first-order valence-electron chi connectivity index (χ1n) is 7.85. The SMILES string of the molecule is CCOCC(=O)NC1(CN2CCCC2)CCCCC1. The second-order valence-corrected chi connectivity index (χ2v) is 6.01. The van der Waals surface area contributed by atoms with Crippen molar-refractivity contribution < 1.29 is 9.53 Å². The van der Waals surface area contributed by atoms with Crippen LogP contribution in [0.15, 0.2) is 0 Å². The number of nitrogens with one attached hydrogen (secondary N) is 1. The molecule has 0 spiro atoms. The van der Waals surface area contributed by atoms with Crippen LogP contribution in [0.1, 0.15) is 51.9 Å². The minimum absolute atomic E-state index is 0.0107. The van der Waals surface area contributed by atoms with Gasteiger partial charge < -0.3 is 15.0 Å². The Morgan fingerprint density at radius 1 is 1.16 bits per heavy atom. The van der Waals surface area contributed by atoms with Crippen molar-refractivity contribution in [2.24, 2.45) is 0 Å². The van der Waals surface area contributed by atoms with E-state index in [1.54, 1.807) is 0 Å². The third-order valence-electron chi connectivity index (χ3n) is 4.38. The van der Waals surface area contributed by atoms with Crippen LogP contribution in [0.25, 0.3) is 0 Å². The van der Waals surface area contributed by atoms with Crippen LogP contribution in [-0.4, -0.2) is 49.2 Å². The molecule has 0 unspecified atom stereocenters. The van der Waals surface area contributed by atoms with Gasteiger partial charge in [0, 0.05) is 13.2 Å². The molecule has 19 heavy (non-hydrogen) atoms. The van der Waals surface area contributed by atoms with Crippen LogP contribution in [0.3, 0.4) is 0 Å². The van der Waals surface area contributed by atoms with Crippen molar-refractivity contribution in [1.29, 1.82) is 0 Å². The number of likely N-dealkylation sites (tertiary alicyclic amines) is 1. The number of hydrogen-bond donors (Lipinski definition) is 1. The van der Waals surface area contributed by atoms with Crippen molar-refractivity contribution in [3.8, 4) is 0 Å². The molecule has 1 saturated heterocycles. The van der Waals surface area contributed by atoms with Gasteiger partial charge in [-0.25, -0.2) is 0 Å². The van der Waals surface area contributed by atoms with Gasteiger partial charge in [0.2, 0.25) is 5.91 Å². The maximum Gasteiger partial charge on any atom is 0.246 e. The number of nitrogens with zero attached hydrogens (tertiary/aromatic N) is 1. The molecule has 0 atom stereocenters. The first kappa shape index (κ1) is 14.8. The monoisotopic (exact) mass is 268 g/mol. The fourth-order valence-corrected chi connectivity index (χ4v) is 3.45. The Bertz CT molecular complexity index is 282. The summed E-state index contributed by atoms with van der Waals surface area (Å²) < 4.78 is 5.23. The summed E-state index contributed by atoms with van der Waals surface area (Å²) in [6.45, 7) is 6.16. The Morgan fingerprint density at radius 3 is 2.47 bits per heavy atom. The fourth-order valence-electron chi connectivity index (χ4n) is 3.45. The number of amides is 1. The van der Waals surface area contributed by atoms with Gasteiger partial charge >= 0.3 is 0 Å². The predicted octanol–water partition coefficient (Wildman–Crippen LogP) is 1.94. The summed E-state index contributed by atoms with van der Waals surface area (Å²) >= 11 is 0. The molecule has 0 bridgehead atoms. The summed E-state index contributed by atoms with van der Waals surface area (Å²) in [6, 6.07) is 0. The average Bonchev–Trinajstić information content (AvgIpc) is 2.90. The van der Waals surface area contributed by atoms with E-state index in [2.05, 4.69) is 10.2 Å². The molecule has 2 aliphatic rings. The molecule has 4 nitrogen and oxygen atoms in total. The standard InChI is InChI=1S/C15H28N2O2/c1-2-19-12-14(18)16-15(8-4-3-5-9-15)13-17-10-6-7-11-17/h2-13H2,1H3,(H,16,18). The second-order valence-electron chi connectivity index (χ2n) is 6.01. The van der Waals surface area contributed by atoms with E-state index in [-0.39, 0.29) is 18.1 Å². The summed E-state index contributed by atoms with van der Waals surface area (Å²) in [5.41, 5.74) is 0.0107. The van der Waals surface area contributed by atoms with Gasteiger partial charge in [0.15, 0.2) is 0 Å². The Hall–Kier alpha value is -0.610. The zero-order chi connectivity index (χ0) is 13.6. The van der Waals surface area contributed by atoms with E-state index in [0.29, 0.717) is 6.61 Å². The van der Waals surface area contributed by atoms with Crippen LogP contribution in [-0.2, 0) is 9.53 Å². The van der Waals surface area contributed by atoms with Crippen LogP contribution >= 0.6 is 0 Å². The zero-order valence-corrected chi connectivity index (χ0v) is 12.2. The average molecular weight is 268 g/mol. The highest BCUT2D eigenvalue weighted by atomic mass is 16.5. The quantitative estimate of drug-likeness (QED) is 0.800. The number of carbonyl (C=O) groups is 1. The van der Waals surface area contributed by atoms with E-state index in [1.165, 1.54) is 45.2 Å². The second kappa shape index (κ2) is 7.25. The molecule has 0 aromatic rings. The van der Waals surface area contributed by atoms with Crippen LogP contribution in [0.4, 0.5) is 0 Å². The van der Waals surface area contributed by atoms with Gasteiger partial charge in [-0.15, -0.1) is 0 Å². The lowest BCUT2D eigenvalue weighted by atomic mass is 9.81. The lowest BCUT2D eigenvalue weighted by molar-refractivity contribution is -0.128. The van der Waals surface area contributed by atoms with E-state index in [1.807, 2.05) is 6.92 Å². The highest BCUT2D eigenvalue weighted by molar-refractivity contribution is 5.78. The van der Waals surface area contributed by atoms with Gasteiger partial charge in [0.25, 0.3) is 0 Å². The van der Waals surface area contributed by atoms with Crippen molar-refractivity contribution in [2.45, 2.75) is 57.4 Å². The molecule has 1 saturated carbocycles. The first-order chi connectivity index (χ1) is 9.24. The molecule has 1 amide bonds. The molecule has 0 radical (unpaired) electrons. The summed E-state index contributed by atoms with van der Waals surface area (Å²) in [7, 11) is 0. The van der Waals surface area contributed by atoms with Gasteiger partial charge in [-0.1, -0.05) is 19.3 Å². The van der Waals surface area contributed by atoms with Crippen molar-refractivity contribution >= 4 is 5.91 Å². The molecule has 1 N–H and O–H groups in total. The van der Waals surface area contributed by atoms with Crippen LogP contribution in [0.5, 0.6) is 0 Å². The lowest BCUT2D eigenvalue weighted by Gasteiger charge is -2.41. The number of ether oxygens (including phenoxy) is 1. The number of hydrogen-bond acceptors (Lipinski definition) is 3. The van der Waals surface area contributed by atoms with Crippen LogP contribution in [0, 0.1) is 0 Å². The molecule has 4 heteroatoms. The summed E-state index contributed by atoms with van der Waals surface area (Å²) in [6.07, 6.45) is 8.66. The van der Waals surface area contributed by atoms with Gasteiger partial charge in [-0.2, -0.15) is 0 Å². The normalized spacial score (nSPS) is 23.4. The van der Waals surface area contributed by atoms with Crippen molar-refractivity contribution in [1.82, 2.24) is 10.2 Å². The Labute approximate surface area is 116 Å². The summed E-state index contributed by atoms with van der Waals surface area (Å²) in [5.74, 6) is 0.0583. The molecule has 1 aliphatic carbocycles. The van der Waals surface area contributed by atoms with E-state index in [9.17, 15) is 4.79 Å². The van der Waals surface area contributed by atoms with Gasteiger partial charge in [-0.05, 0) is 45.7 Å². The van der Waals surface area contributed by atoms with E-state index >= 15 is 0 Å². The molecule has 110 valence electrons. The molecule has 2 fully saturated rings. The van der Waals surface area contributed by atoms with Crippen LogP contribution in [0.2, 0.25) is 0 Å². The third-order valence-corrected chi connectivity index (χ3v) is 4.38. The summed E-state index contributed by atoms with van der Waals surface area (Å²) in [4.78, 5) is 14.5. The molecule has 2 rings (SSSR count). The fraction of sp³-hybridized carbons (Fsp3) is 0.933. The topological polar surface area (TPSA) is 41.6 Å². The Morgan fingerprint density at radius 2 is 1.84 bits per heavy atom. The first-order valence-corrected chi connectivity index (χ1v) is 7.85. The Kier molecular flexibility index (Phi) is 5.64. The van der Waals surface area contributed by atoms with E-state index in [0.717, 1.165) is 19.4 Å². The number of rotatable bonds is 6. The molecule has 0 aromatic carbocycles. The smallest absolute Gasteiger partial charge is 0.246 e. The lowest BCUT2D eigenvalue weighted by Crippen LogP contribution is -2.57.